The molecule has 0 saturated carbocycles. The number of carboxylic acids is 1. The Morgan fingerprint density at radius 1 is 0.867 bits per heavy atom. The normalized spacial score (nSPS) is 11.0. The number of benzene rings is 3. The molecule has 45 heavy (non-hydrogen) atoms. The summed E-state index contributed by atoms with van der Waals surface area (Å²) in [5.74, 6) is -4.54. The fraction of sp³-hybridized carbons (Fsp3) is 0.0968. The molecule has 0 spiro atoms. The van der Waals surface area contributed by atoms with Crippen LogP contribution < -0.4 is 15.4 Å². The number of carbonyl (C=O) groups is 4. The Balaban J connectivity index is 1.38. The Labute approximate surface area is 253 Å². The van der Waals surface area contributed by atoms with Gasteiger partial charge in [-0.3, -0.25) is 29.3 Å². The molecule has 3 aromatic heterocycles. The summed E-state index contributed by atoms with van der Waals surface area (Å²) in [7, 11) is 0. The first-order valence-corrected chi connectivity index (χ1v) is 13.5. The Bertz CT molecular complexity index is 2140. The number of amides is 2. The quantitative estimate of drug-likeness (QED) is 0.126. The maximum Gasteiger partial charge on any atom is 0.330 e. The Kier molecular flexibility index (Phi) is 7.44. The number of phenols is 1. The van der Waals surface area contributed by atoms with Gasteiger partial charge in [-0.2, -0.15) is 0 Å². The SMILES string of the molecule is Cc1cnc2c(C(=O)NCC(=O)Oc3c(-c4cc5ccccc5[nH]4)cc4nccnc4c3C(=O)NCC(=O)O)c(O)ccc2n1. The van der Waals surface area contributed by atoms with E-state index >= 15 is 0 Å². The first-order chi connectivity index (χ1) is 21.7. The van der Waals surface area contributed by atoms with Crippen LogP contribution in [-0.4, -0.2) is 72.0 Å². The van der Waals surface area contributed by atoms with E-state index in [1.165, 1.54) is 30.7 Å². The van der Waals surface area contributed by atoms with Crippen LogP contribution in [-0.2, 0) is 9.59 Å². The third-order valence-electron chi connectivity index (χ3n) is 6.81. The van der Waals surface area contributed by atoms with Gasteiger partial charge in [0.25, 0.3) is 11.8 Å². The van der Waals surface area contributed by atoms with Crippen molar-refractivity contribution < 1.29 is 34.1 Å². The van der Waals surface area contributed by atoms with Crippen LogP contribution in [0.2, 0.25) is 0 Å². The Hall–Kier alpha value is -6.44. The molecule has 6 rings (SSSR count). The molecule has 0 fully saturated rings. The minimum absolute atomic E-state index is 0.0571. The van der Waals surface area contributed by atoms with E-state index in [2.05, 4.69) is 35.6 Å². The molecular weight excluding hydrogens is 582 g/mol. The van der Waals surface area contributed by atoms with E-state index in [4.69, 9.17) is 9.84 Å². The van der Waals surface area contributed by atoms with Crippen LogP contribution in [0.3, 0.4) is 0 Å². The highest BCUT2D eigenvalue weighted by molar-refractivity contribution is 6.12. The summed E-state index contributed by atoms with van der Waals surface area (Å²) in [6.45, 7) is 0.347. The summed E-state index contributed by atoms with van der Waals surface area (Å²) in [6, 6.07) is 13.6. The summed E-state index contributed by atoms with van der Waals surface area (Å²) < 4.78 is 5.74. The first-order valence-electron chi connectivity index (χ1n) is 13.5. The van der Waals surface area contributed by atoms with Gasteiger partial charge in [-0.05, 0) is 37.3 Å². The number of para-hydroxylation sites is 1. The topological polar surface area (TPSA) is 209 Å². The van der Waals surface area contributed by atoms with Crippen molar-refractivity contribution in [3.63, 3.8) is 0 Å². The fourth-order valence-electron chi connectivity index (χ4n) is 4.85. The van der Waals surface area contributed by atoms with Gasteiger partial charge in [0, 0.05) is 35.1 Å². The second kappa shape index (κ2) is 11.7. The number of esters is 1. The zero-order chi connectivity index (χ0) is 31.7. The summed E-state index contributed by atoms with van der Waals surface area (Å²) in [6.07, 6.45) is 4.20. The monoisotopic (exact) mass is 605 g/mol. The number of hydrogen-bond acceptors (Lipinski definition) is 10. The van der Waals surface area contributed by atoms with E-state index in [-0.39, 0.29) is 44.7 Å². The molecule has 3 aromatic carbocycles. The smallest absolute Gasteiger partial charge is 0.330 e. The van der Waals surface area contributed by atoms with Crippen LogP contribution in [0.5, 0.6) is 11.5 Å². The molecule has 0 aliphatic rings. The zero-order valence-electron chi connectivity index (χ0n) is 23.5. The molecule has 6 aromatic rings. The van der Waals surface area contributed by atoms with Crippen molar-refractivity contribution >= 4 is 56.7 Å². The molecule has 14 heteroatoms. The summed E-state index contributed by atoms with van der Waals surface area (Å²) >= 11 is 0. The highest BCUT2D eigenvalue weighted by atomic mass is 16.5. The lowest BCUT2D eigenvalue weighted by Gasteiger charge is -2.16. The maximum absolute atomic E-state index is 13.4. The van der Waals surface area contributed by atoms with Crippen LogP contribution in [0.1, 0.15) is 26.4 Å². The predicted molar refractivity (Wildman–Crippen MR) is 161 cm³/mol. The molecule has 3 heterocycles. The van der Waals surface area contributed by atoms with Crippen LogP contribution >= 0.6 is 0 Å². The number of nitrogens with zero attached hydrogens (tertiary/aromatic N) is 4. The van der Waals surface area contributed by atoms with Crippen molar-refractivity contribution in [1.82, 2.24) is 35.6 Å². The number of aryl methyl sites for hydroxylation is 1. The molecule has 0 aliphatic heterocycles. The maximum atomic E-state index is 13.4. The van der Waals surface area contributed by atoms with Gasteiger partial charge in [-0.1, -0.05) is 18.2 Å². The lowest BCUT2D eigenvalue weighted by Crippen LogP contribution is -2.33. The number of nitrogens with one attached hydrogen (secondary N) is 3. The molecule has 0 atom stereocenters. The number of carboxylic acid groups (broad SMARTS) is 1. The van der Waals surface area contributed by atoms with Gasteiger partial charge < -0.3 is 30.6 Å². The van der Waals surface area contributed by atoms with E-state index in [1.54, 1.807) is 19.1 Å². The highest BCUT2D eigenvalue weighted by Gasteiger charge is 2.27. The Morgan fingerprint density at radius 2 is 1.60 bits per heavy atom. The molecule has 2 amide bonds. The number of aromatic hydroxyl groups is 1. The minimum Gasteiger partial charge on any atom is -0.507 e. The summed E-state index contributed by atoms with van der Waals surface area (Å²) in [5.41, 5.74) is 2.54. The molecule has 0 radical (unpaired) electrons. The van der Waals surface area contributed by atoms with Crippen molar-refractivity contribution in [2.45, 2.75) is 6.92 Å². The molecule has 5 N–H and O–H groups in total. The molecule has 0 bridgehead atoms. The van der Waals surface area contributed by atoms with Crippen LogP contribution in [0.15, 0.2) is 67.1 Å². The average Bonchev–Trinajstić information content (AvgIpc) is 3.46. The van der Waals surface area contributed by atoms with Crippen molar-refractivity contribution in [2.24, 2.45) is 0 Å². The number of rotatable bonds is 8. The van der Waals surface area contributed by atoms with Crippen molar-refractivity contribution in [3.05, 3.63) is 83.9 Å². The number of aromatic amines is 1. The average molecular weight is 606 g/mol. The van der Waals surface area contributed by atoms with Gasteiger partial charge >= 0.3 is 11.9 Å². The largest absolute Gasteiger partial charge is 0.507 e. The van der Waals surface area contributed by atoms with Gasteiger partial charge in [0.15, 0.2) is 5.75 Å². The van der Waals surface area contributed by atoms with Crippen LogP contribution in [0.4, 0.5) is 0 Å². The van der Waals surface area contributed by atoms with E-state index in [0.29, 0.717) is 16.9 Å². The zero-order valence-corrected chi connectivity index (χ0v) is 23.5. The van der Waals surface area contributed by atoms with Crippen molar-refractivity contribution in [3.8, 4) is 22.8 Å². The van der Waals surface area contributed by atoms with Gasteiger partial charge in [-0.15, -0.1) is 0 Å². The molecule has 0 aliphatic carbocycles. The molecule has 0 saturated heterocycles. The van der Waals surface area contributed by atoms with Crippen LogP contribution in [0.25, 0.3) is 44.2 Å². The van der Waals surface area contributed by atoms with E-state index in [1.807, 2.05) is 24.3 Å². The van der Waals surface area contributed by atoms with Gasteiger partial charge in [-0.25, -0.2) is 9.78 Å². The third kappa shape index (κ3) is 5.67. The number of aromatic nitrogens is 5. The number of carbonyl (C=O) groups excluding carboxylic acids is 3. The number of hydrogen-bond donors (Lipinski definition) is 5. The molecule has 224 valence electrons. The predicted octanol–water partition coefficient (Wildman–Crippen LogP) is 2.89. The van der Waals surface area contributed by atoms with Crippen LogP contribution in [0, 0.1) is 6.92 Å². The van der Waals surface area contributed by atoms with Gasteiger partial charge in [0.1, 0.15) is 41.0 Å². The second-order valence-electron chi connectivity index (χ2n) is 9.89. The molecular formula is C31H23N7O7. The van der Waals surface area contributed by atoms with E-state index in [0.717, 1.165) is 10.9 Å². The summed E-state index contributed by atoms with van der Waals surface area (Å²) in [5, 5.41) is 25.1. The second-order valence-corrected chi connectivity index (χ2v) is 9.89. The highest BCUT2D eigenvalue weighted by Crippen LogP contribution is 2.38. The first kappa shape index (κ1) is 28.7. The van der Waals surface area contributed by atoms with Gasteiger partial charge in [0.05, 0.1) is 22.4 Å². The number of phenolic OH excluding ortho intramolecular Hbond substituents is 1. The number of fused-ring (bicyclic) bond motifs is 3. The van der Waals surface area contributed by atoms with E-state index < -0.39 is 36.8 Å². The summed E-state index contributed by atoms with van der Waals surface area (Å²) in [4.78, 5) is 71.3. The lowest BCUT2D eigenvalue weighted by atomic mass is 10.0. The van der Waals surface area contributed by atoms with Gasteiger partial charge in [0.2, 0.25) is 0 Å². The minimum atomic E-state index is -1.29. The molecule has 0 unspecified atom stereocenters. The van der Waals surface area contributed by atoms with E-state index in [9.17, 15) is 24.3 Å². The number of H-pyrrole nitrogens is 1. The Morgan fingerprint density at radius 3 is 2.40 bits per heavy atom. The lowest BCUT2D eigenvalue weighted by molar-refractivity contribution is -0.136. The molecule has 14 nitrogen and oxygen atoms in total. The number of ether oxygens (including phenoxy) is 1. The third-order valence-corrected chi connectivity index (χ3v) is 6.81. The fourth-order valence-corrected chi connectivity index (χ4v) is 4.85. The number of aliphatic carboxylic acids is 1. The van der Waals surface area contributed by atoms with Crippen molar-refractivity contribution in [1.29, 1.82) is 0 Å². The standard InChI is InChI=1S/C31H23N7O7/c1-15-12-34-27-19(37-15)6-7-22(39)25(27)30(43)36-14-24(42)45-29-17(20-10-16-4-2-3-5-18(16)38-20)11-21-28(33-9-8-32-21)26(29)31(44)35-13-23(40)41/h2-12,38-39H,13-14H2,1H3,(H,35,44)(H,36,43)(H,40,41). The van der Waals surface area contributed by atoms with Crippen molar-refractivity contribution in [2.75, 3.05) is 13.1 Å².